The Bertz CT molecular complexity index is 1190. The number of hydrogen-bond acceptors (Lipinski definition) is 4. The molecule has 6 heteroatoms. The fraction of sp³-hybridized carbons (Fsp3) is 0.261. The Morgan fingerprint density at radius 3 is 2.55 bits per heavy atom. The van der Waals surface area contributed by atoms with E-state index < -0.39 is 0 Å². The van der Waals surface area contributed by atoms with Gasteiger partial charge in [0.15, 0.2) is 5.65 Å². The van der Waals surface area contributed by atoms with Crippen LogP contribution in [0, 0.1) is 6.92 Å². The Morgan fingerprint density at radius 2 is 1.83 bits per heavy atom. The van der Waals surface area contributed by atoms with Crippen molar-refractivity contribution in [2.24, 2.45) is 0 Å². The number of aryl methyl sites for hydroxylation is 1. The monoisotopic (exact) mass is 387 g/mol. The van der Waals surface area contributed by atoms with Crippen LogP contribution in [0.2, 0.25) is 0 Å². The van der Waals surface area contributed by atoms with E-state index in [4.69, 9.17) is 15.7 Å². The third kappa shape index (κ3) is 3.53. The number of hydrogen-bond donors (Lipinski definition) is 2. The van der Waals surface area contributed by atoms with Crippen molar-refractivity contribution in [2.45, 2.75) is 33.1 Å². The standard InChI is InChI=1S/C23H25N5O/c1-3-4-7-13-25-23(29)19-20-22(27-18-12-6-5-11-17(18)26-20)28(21(19)24)16-10-8-9-15(2)14-16/h5-6,8-12,14H,3-4,7,13,24H2,1-2H3,(H,25,29). The summed E-state index contributed by atoms with van der Waals surface area (Å²) in [5.74, 6) is 0.147. The predicted octanol–water partition coefficient (Wildman–Crippen LogP) is 4.38. The van der Waals surface area contributed by atoms with Gasteiger partial charge in [-0.15, -0.1) is 0 Å². The van der Waals surface area contributed by atoms with E-state index in [0.717, 1.165) is 41.5 Å². The number of fused-ring (bicyclic) bond motifs is 2. The first kappa shape index (κ1) is 18.9. The highest BCUT2D eigenvalue weighted by molar-refractivity contribution is 6.11. The summed E-state index contributed by atoms with van der Waals surface area (Å²) in [7, 11) is 0. The van der Waals surface area contributed by atoms with Crippen molar-refractivity contribution in [3.8, 4) is 5.69 Å². The number of rotatable bonds is 6. The van der Waals surface area contributed by atoms with Gasteiger partial charge in [0, 0.05) is 12.2 Å². The average Bonchev–Trinajstić information content (AvgIpc) is 3.00. The fourth-order valence-electron chi connectivity index (χ4n) is 3.58. The molecule has 29 heavy (non-hydrogen) atoms. The zero-order valence-corrected chi connectivity index (χ0v) is 16.8. The molecule has 2 heterocycles. The largest absolute Gasteiger partial charge is 0.384 e. The molecule has 0 bridgehead atoms. The predicted molar refractivity (Wildman–Crippen MR) is 117 cm³/mol. The van der Waals surface area contributed by atoms with Crippen LogP contribution in [0.5, 0.6) is 0 Å². The number of amides is 1. The minimum atomic E-state index is -0.209. The van der Waals surface area contributed by atoms with Gasteiger partial charge in [0.1, 0.15) is 16.9 Å². The van der Waals surface area contributed by atoms with Crippen LogP contribution < -0.4 is 11.1 Å². The second-order valence-electron chi connectivity index (χ2n) is 7.28. The zero-order valence-electron chi connectivity index (χ0n) is 16.8. The lowest BCUT2D eigenvalue weighted by atomic mass is 10.2. The number of nitrogens with one attached hydrogen (secondary N) is 1. The highest BCUT2D eigenvalue weighted by Gasteiger charge is 2.24. The molecule has 2 aromatic carbocycles. The molecule has 0 atom stereocenters. The first-order valence-corrected chi connectivity index (χ1v) is 10.0. The summed E-state index contributed by atoms with van der Waals surface area (Å²) in [6.07, 6.45) is 3.11. The van der Waals surface area contributed by atoms with Crippen molar-refractivity contribution in [3.05, 3.63) is 59.7 Å². The van der Waals surface area contributed by atoms with Gasteiger partial charge in [-0.1, -0.05) is 44.0 Å². The van der Waals surface area contributed by atoms with Crippen LogP contribution in [0.3, 0.4) is 0 Å². The van der Waals surface area contributed by atoms with Gasteiger partial charge in [0.05, 0.1) is 11.0 Å². The minimum absolute atomic E-state index is 0.209. The maximum absolute atomic E-state index is 13.0. The van der Waals surface area contributed by atoms with E-state index in [0.29, 0.717) is 29.1 Å². The minimum Gasteiger partial charge on any atom is -0.384 e. The number of para-hydroxylation sites is 2. The summed E-state index contributed by atoms with van der Waals surface area (Å²) in [4.78, 5) is 22.6. The molecule has 0 radical (unpaired) electrons. The van der Waals surface area contributed by atoms with Crippen molar-refractivity contribution in [3.63, 3.8) is 0 Å². The van der Waals surface area contributed by atoms with Crippen LogP contribution in [0.15, 0.2) is 48.5 Å². The molecule has 148 valence electrons. The molecular weight excluding hydrogens is 362 g/mol. The number of carbonyl (C=O) groups excluding carboxylic acids is 1. The van der Waals surface area contributed by atoms with Crippen LogP contribution in [-0.2, 0) is 0 Å². The molecule has 1 amide bonds. The van der Waals surface area contributed by atoms with Crippen molar-refractivity contribution >= 4 is 33.9 Å². The Labute approximate surface area is 169 Å². The number of nitrogens with two attached hydrogens (primary N) is 1. The lowest BCUT2D eigenvalue weighted by molar-refractivity contribution is 0.0955. The number of anilines is 1. The Kier molecular flexibility index (Phi) is 5.16. The number of nitrogens with zero attached hydrogens (tertiary/aromatic N) is 3. The molecule has 0 aliphatic rings. The first-order chi connectivity index (χ1) is 14.1. The summed E-state index contributed by atoms with van der Waals surface area (Å²) in [6.45, 7) is 4.77. The van der Waals surface area contributed by atoms with Gasteiger partial charge < -0.3 is 11.1 Å². The van der Waals surface area contributed by atoms with Gasteiger partial charge in [-0.25, -0.2) is 9.97 Å². The van der Waals surface area contributed by atoms with E-state index >= 15 is 0 Å². The molecule has 0 saturated carbocycles. The summed E-state index contributed by atoms with van der Waals surface area (Å²) < 4.78 is 1.82. The third-order valence-corrected chi connectivity index (χ3v) is 5.05. The normalized spacial score (nSPS) is 11.2. The molecule has 0 aliphatic carbocycles. The highest BCUT2D eigenvalue weighted by atomic mass is 16.1. The fourth-order valence-corrected chi connectivity index (χ4v) is 3.58. The van der Waals surface area contributed by atoms with E-state index in [1.165, 1.54) is 0 Å². The highest BCUT2D eigenvalue weighted by Crippen LogP contribution is 2.31. The molecule has 0 fully saturated rings. The average molecular weight is 387 g/mol. The van der Waals surface area contributed by atoms with Gasteiger partial charge in [-0.2, -0.15) is 0 Å². The smallest absolute Gasteiger partial charge is 0.257 e. The molecule has 4 rings (SSSR count). The van der Waals surface area contributed by atoms with Crippen LogP contribution >= 0.6 is 0 Å². The van der Waals surface area contributed by atoms with E-state index in [-0.39, 0.29) is 5.91 Å². The van der Waals surface area contributed by atoms with Gasteiger partial charge >= 0.3 is 0 Å². The van der Waals surface area contributed by atoms with Crippen molar-refractivity contribution < 1.29 is 4.79 Å². The maximum Gasteiger partial charge on any atom is 0.257 e. The van der Waals surface area contributed by atoms with E-state index in [2.05, 4.69) is 12.2 Å². The molecule has 4 aromatic rings. The summed E-state index contributed by atoms with van der Waals surface area (Å²) in [6, 6.07) is 15.6. The number of nitrogen functional groups attached to an aromatic ring is 1. The lowest BCUT2D eigenvalue weighted by Crippen LogP contribution is -2.25. The van der Waals surface area contributed by atoms with Gasteiger partial charge in [0.2, 0.25) is 0 Å². The molecule has 3 N–H and O–H groups in total. The number of unbranched alkanes of at least 4 members (excludes halogenated alkanes) is 2. The van der Waals surface area contributed by atoms with Crippen LogP contribution in [0.1, 0.15) is 42.1 Å². The lowest BCUT2D eigenvalue weighted by Gasteiger charge is -2.09. The summed E-state index contributed by atoms with van der Waals surface area (Å²) in [5.41, 5.74) is 11.5. The van der Waals surface area contributed by atoms with Crippen LogP contribution in [0.25, 0.3) is 27.9 Å². The molecule has 0 spiro atoms. The molecule has 0 unspecified atom stereocenters. The second kappa shape index (κ2) is 7.91. The van der Waals surface area contributed by atoms with Crippen molar-refractivity contribution in [2.75, 3.05) is 12.3 Å². The third-order valence-electron chi connectivity index (χ3n) is 5.05. The van der Waals surface area contributed by atoms with E-state index in [1.807, 2.05) is 60.0 Å². The quantitative estimate of drug-likeness (QED) is 0.481. The number of aromatic nitrogens is 3. The van der Waals surface area contributed by atoms with Gasteiger partial charge in [-0.05, 0) is 43.2 Å². The molecule has 6 nitrogen and oxygen atoms in total. The maximum atomic E-state index is 13.0. The number of benzene rings is 2. The summed E-state index contributed by atoms with van der Waals surface area (Å²) >= 11 is 0. The SMILES string of the molecule is CCCCCNC(=O)c1c(N)n(-c2cccc(C)c2)c2nc3ccccc3nc12. The molecular formula is C23H25N5O. The molecule has 0 aliphatic heterocycles. The Hall–Kier alpha value is -3.41. The van der Waals surface area contributed by atoms with Crippen LogP contribution in [-0.4, -0.2) is 27.0 Å². The zero-order chi connectivity index (χ0) is 20.4. The van der Waals surface area contributed by atoms with Gasteiger partial charge in [0.25, 0.3) is 5.91 Å². The van der Waals surface area contributed by atoms with Crippen LogP contribution in [0.4, 0.5) is 5.82 Å². The van der Waals surface area contributed by atoms with E-state index in [1.54, 1.807) is 0 Å². The second-order valence-corrected chi connectivity index (χ2v) is 7.28. The number of carbonyl (C=O) groups is 1. The van der Waals surface area contributed by atoms with Crippen molar-refractivity contribution in [1.82, 2.24) is 19.9 Å². The van der Waals surface area contributed by atoms with Crippen molar-refractivity contribution in [1.29, 1.82) is 0 Å². The van der Waals surface area contributed by atoms with E-state index in [9.17, 15) is 4.79 Å². The first-order valence-electron chi connectivity index (χ1n) is 10.0. The molecule has 2 aromatic heterocycles. The van der Waals surface area contributed by atoms with Gasteiger partial charge in [-0.3, -0.25) is 9.36 Å². The molecule has 0 saturated heterocycles. The Morgan fingerprint density at radius 1 is 1.07 bits per heavy atom. The Balaban J connectivity index is 1.91. The summed E-state index contributed by atoms with van der Waals surface area (Å²) in [5, 5.41) is 2.99. The topological polar surface area (TPSA) is 85.8 Å².